The zero-order valence-corrected chi connectivity index (χ0v) is 13.1. The lowest BCUT2D eigenvalue weighted by atomic mass is 9.95. The van der Waals surface area contributed by atoms with Crippen molar-refractivity contribution < 1.29 is 9.59 Å². The maximum atomic E-state index is 12.7. The lowest BCUT2D eigenvalue weighted by Crippen LogP contribution is -2.36. The number of aryl methyl sites for hydroxylation is 1. The summed E-state index contributed by atoms with van der Waals surface area (Å²) in [6.45, 7) is 2.00. The van der Waals surface area contributed by atoms with E-state index in [0.717, 1.165) is 21.5 Å². The quantitative estimate of drug-likeness (QED) is 0.534. The molecule has 1 aliphatic heterocycles. The predicted octanol–water partition coefficient (Wildman–Crippen LogP) is 3.78. The van der Waals surface area contributed by atoms with Gasteiger partial charge in [0.25, 0.3) is 11.8 Å². The first kappa shape index (κ1) is 14.3. The van der Waals surface area contributed by atoms with Crippen LogP contribution >= 0.6 is 0 Å². The Morgan fingerprint density at radius 1 is 0.833 bits per heavy atom. The van der Waals surface area contributed by atoms with Crippen molar-refractivity contribution in [1.82, 2.24) is 5.01 Å². The average molecular weight is 314 g/mol. The number of nitrogens with zero attached hydrogens (tertiary/aromatic N) is 2. The molecule has 24 heavy (non-hydrogen) atoms. The Labute approximate surface area is 139 Å². The highest BCUT2D eigenvalue weighted by Gasteiger charge is 2.32. The Kier molecular flexibility index (Phi) is 3.24. The highest BCUT2D eigenvalue weighted by atomic mass is 16.2. The molecule has 0 saturated heterocycles. The fraction of sp³-hybridized carbons (Fsp3) is 0.0500. The molecule has 0 bridgehead atoms. The third kappa shape index (κ3) is 2.20. The molecule has 4 nitrogen and oxygen atoms in total. The summed E-state index contributed by atoms with van der Waals surface area (Å²) in [5.41, 5.74) is 2.98. The van der Waals surface area contributed by atoms with E-state index >= 15 is 0 Å². The number of hydrazone groups is 1. The molecule has 0 aromatic heterocycles. The summed E-state index contributed by atoms with van der Waals surface area (Å²) >= 11 is 0. The number of carbonyl (C=O) groups excluding carboxylic acids is 2. The van der Waals surface area contributed by atoms with Crippen molar-refractivity contribution >= 4 is 28.8 Å². The van der Waals surface area contributed by atoms with Crippen LogP contribution in [0.1, 0.15) is 31.8 Å². The van der Waals surface area contributed by atoms with Crippen molar-refractivity contribution in [3.8, 4) is 0 Å². The highest BCUT2D eigenvalue weighted by Crippen LogP contribution is 2.29. The van der Waals surface area contributed by atoms with Gasteiger partial charge < -0.3 is 0 Å². The Bertz CT molecular complexity index is 953. The molecule has 4 rings (SSSR count). The molecule has 0 atom stereocenters. The summed E-state index contributed by atoms with van der Waals surface area (Å²) in [5.74, 6) is -0.791. The molecule has 1 heterocycles. The van der Waals surface area contributed by atoms with Crippen LogP contribution in [0.4, 0.5) is 0 Å². The van der Waals surface area contributed by atoms with Crippen LogP contribution in [0.15, 0.2) is 65.8 Å². The number of hydrogen-bond donors (Lipinski definition) is 0. The monoisotopic (exact) mass is 314 g/mol. The van der Waals surface area contributed by atoms with E-state index in [9.17, 15) is 9.59 Å². The summed E-state index contributed by atoms with van der Waals surface area (Å²) in [5, 5.41) is 6.67. The van der Waals surface area contributed by atoms with E-state index in [4.69, 9.17) is 0 Å². The van der Waals surface area contributed by atoms with E-state index in [2.05, 4.69) is 5.10 Å². The van der Waals surface area contributed by atoms with Crippen LogP contribution in [0.5, 0.6) is 0 Å². The van der Waals surface area contributed by atoms with Gasteiger partial charge in [-0.2, -0.15) is 10.1 Å². The molecular formula is C20H14N2O2. The van der Waals surface area contributed by atoms with E-state index in [1.54, 1.807) is 12.1 Å². The van der Waals surface area contributed by atoms with E-state index in [-0.39, 0.29) is 0 Å². The first-order valence-electron chi connectivity index (χ1n) is 7.66. The van der Waals surface area contributed by atoms with Gasteiger partial charge in [-0.15, -0.1) is 0 Å². The normalized spacial score (nSPS) is 14.0. The van der Waals surface area contributed by atoms with E-state index in [1.807, 2.05) is 55.5 Å². The second kappa shape index (κ2) is 5.42. The van der Waals surface area contributed by atoms with E-state index < -0.39 is 11.8 Å². The van der Waals surface area contributed by atoms with Gasteiger partial charge in [0.05, 0.1) is 17.3 Å². The molecule has 1 aliphatic rings. The summed E-state index contributed by atoms with van der Waals surface area (Å²) < 4.78 is 0. The highest BCUT2D eigenvalue weighted by molar-refractivity contribution is 6.25. The van der Waals surface area contributed by atoms with Gasteiger partial charge >= 0.3 is 0 Å². The molecule has 0 spiro atoms. The van der Waals surface area contributed by atoms with Crippen molar-refractivity contribution in [3.05, 3.63) is 82.9 Å². The largest absolute Gasteiger partial charge is 0.282 e. The number of hydrogen-bond acceptors (Lipinski definition) is 3. The number of amides is 2. The smallest absolute Gasteiger partial charge is 0.267 e. The van der Waals surface area contributed by atoms with Gasteiger partial charge in [0.15, 0.2) is 0 Å². The second-order valence-electron chi connectivity index (χ2n) is 5.79. The Morgan fingerprint density at radius 3 is 2.00 bits per heavy atom. The summed E-state index contributed by atoms with van der Waals surface area (Å²) in [6, 6.07) is 18.6. The second-order valence-corrected chi connectivity index (χ2v) is 5.79. The van der Waals surface area contributed by atoms with Gasteiger partial charge in [-0.3, -0.25) is 9.59 Å². The van der Waals surface area contributed by atoms with Crippen LogP contribution in [-0.2, 0) is 0 Å². The Balaban J connectivity index is 1.78. The van der Waals surface area contributed by atoms with Crippen LogP contribution in [0.3, 0.4) is 0 Å². The molecule has 0 radical (unpaired) electrons. The molecule has 0 saturated carbocycles. The molecule has 116 valence electrons. The zero-order valence-electron chi connectivity index (χ0n) is 13.1. The molecular weight excluding hydrogens is 300 g/mol. The van der Waals surface area contributed by atoms with Crippen molar-refractivity contribution in [3.63, 3.8) is 0 Å². The van der Waals surface area contributed by atoms with Gasteiger partial charge in [0, 0.05) is 5.39 Å². The summed E-state index contributed by atoms with van der Waals surface area (Å²) in [7, 11) is 0. The first-order valence-corrected chi connectivity index (χ1v) is 7.66. The van der Waals surface area contributed by atoms with Crippen LogP contribution in [0.25, 0.3) is 10.8 Å². The first-order chi connectivity index (χ1) is 11.6. The molecule has 2 amide bonds. The molecule has 0 fully saturated rings. The number of carbonyl (C=O) groups is 2. The fourth-order valence-electron chi connectivity index (χ4n) is 2.90. The summed E-state index contributed by atoms with van der Waals surface area (Å²) in [6.07, 6.45) is 1.53. The van der Waals surface area contributed by atoms with E-state index in [1.165, 1.54) is 6.21 Å². The van der Waals surface area contributed by atoms with Crippen LogP contribution in [-0.4, -0.2) is 23.0 Å². The molecule has 0 unspecified atom stereocenters. The standard InChI is InChI=1S/C20H14N2O2/c1-13-8-10-14(11-9-13)12-21-22-19(23)16-6-2-4-15-5-3-7-17(18(15)16)20(22)24/h2-12H,1H3/b21-12-. The molecule has 0 aliphatic carbocycles. The Morgan fingerprint density at radius 2 is 1.42 bits per heavy atom. The van der Waals surface area contributed by atoms with Gasteiger partial charge in [-0.05, 0) is 30.0 Å². The molecule has 4 heteroatoms. The van der Waals surface area contributed by atoms with Gasteiger partial charge in [0.1, 0.15) is 0 Å². The SMILES string of the molecule is Cc1ccc(/C=N\N2C(=O)c3cccc4cccc(c34)C2=O)cc1. The zero-order chi connectivity index (χ0) is 16.7. The maximum Gasteiger partial charge on any atom is 0.282 e. The third-order valence-corrected chi connectivity index (χ3v) is 4.15. The van der Waals surface area contributed by atoms with Gasteiger partial charge in [-0.1, -0.05) is 54.1 Å². The predicted molar refractivity (Wildman–Crippen MR) is 93.2 cm³/mol. The maximum absolute atomic E-state index is 12.7. The molecule has 0 N–H and O–H groups in total. The van der Waals surface area contributed by atoms with Crippen molar-refractivity contribution in [2.75, 3.05) is 0 Å². The fourth-order valence-corrected chi connectivity index (χ4v) is 2.90. The van der Waals surface area contributed by atoms with Gasteiger partial charge in [-0.25, -0.2) is 0 Å². The third-order valence-electron chi connectivity index (χ3n) is 4.15. The van der Waals surface area contributed by atoms with Crippen molar-refractivity contribution in [1.29, 1.82) is 0 Å². The van der Waals surface area contributed by atoms with Gasteiger partial charge in [0.2, 0.25) is 0 Å². The topological polar surface area (TPSA) is 49.7 Å². The Hall–Kier alpha value is -3.27. The number of imide groups is 1. The van der Waals surface area contributed by atoms with Crippen LogP contribution < -0.4 is 0 Å². The lowest BCUT2D eigenvalue weighted by Gasteiger charge is -2.22. The van der Waals surface area contributed by atoms with Crippen LogP contribution in [0, 0.1) is 6.92 Å². The minimum Gasteiger partial charge on any atom is -0.267 e. The number of rotatable bonds is 2. The summed E-state index contributed by atoms with van der Waals surface area (Å²) in [4.78, 5) is 25.4. The average Bonchev–Trinajstić information content (AvgIpc) is 2.61. The van der Waals surface area contributed by atoms with E-state index in [0.29, 0.717) is 16.5 Å². The minimum atomic E-state index is -0.396. The van der Waals surface area contributed by atoms with Crippen molar-refractivity contribution in [2.45, 2.75) is 6.92 Å². The molecule has 3 aromatic rings. The molecule has 3 aromatic carbocycles. The van der Waals surface area contributed by atoms with Crippen molar-refractivity contribution in [2.24, 2.45) is 5.10 Å². The number of benzene rings is 3. The minimum absolute atomic E-state index is 0.396. The lowest BCUT2D eigenvalue weighted by molar-refractivity contribution is 0.0616. The van der Waals surface area contributed by atoms with Crippen LogP contribution in [0.2, 0.25) is 0 Å².